The normalized spacial score (nSPS) is 13.3. The van der Waals surface area contributed by atoms with Gasteiger partial charge in [0, 0.05) is 0 Å². The van der Waals surface area contributed by atoms with Gasteiger partial charge in [-0.2, -0.15) is 0 Å². The minimum atomic E-state index is -0.873. The lowest BCUT2D eigenvalue weighted by Gasteiger charge is -2.08. The first-order valence-electron chi connectivity index (χ1n) is 2.94. The number of aliphatic hydroxyl groups excluding tert-OH is 1. The minimum absolute atomic E-state index is 0.0181. The second-order valence-corrected chi connectivity index (χ2v) is 2.30. The summed E-state index contributed by atoms with van der Waals surface area (Å²) in [7, 11) is 0. The van der Waals surface area contributed by atoms with Crippen molar-refractivity contribution in [3.63, 3.8) is 0 Å². The van der Waals surface area contributed by atoms with Crippen LogP contribution in [0.3, 0.4) is 0 Å². The van der Waals surface area contributed by atoms with Crippen molar-refractivity contribution in [3.05, 3.63) is 12.7 Å². The van der Waals surface area contributed by atoms with E-state index in [9.17, 15) is 4.79 Å². The molecule has 0 amide bonds. The Hall–Kier alpha value is -0.630. The fourth-order valence-corrected chi connectivity index (χ4v) is 0.449. The van der Waals surface area contributed by atoms with Crippen LogP contribution in [0.4, 0.5) is 0 Å². The van der Waals surface area contributed by atoms with Gasteiger partial charge in [0.2, 0.25) is 0 Å². The van der Waals surface area contributed by atoms with Crippen LogP contribution in [0.1, 0.15) is 13.8 Å². The Balaban J connectivity index is 3.87. The highest BCUT2D eigenvalue weighted by Crippen LogP contribution is 2.01. The molecule has 1 atom stereocenters. The van der Waals surface area contributed by atoms with E-state index in [1.165, 1.54) is 0 Å². The molecule has 2 nitrogen and oxygen atoms in total. The molecule has 0 radical (unpaired) electrons. The quantitative estimate of drug-likeness (QED) is 0.570. The molecule has 0 spiro atoms. The molecule has 9 heavy (non-hydrogen) atoms. The van der Waals surface area contributed by atoms with E-state index in [1.807, 2.05) is 0 Å². The van der Waals surface area contributed by atoms with Gasteiger partial charge in [0.1, 0.15) is 6.10 Å². The van der Waals surface area contributed by atoms with Crippen LogP contribution in [-0.2, 0) is 4.79 Å². The summed E-state index contributed by atoms with van der Waals surface area (Å²) < 4.78 is 0. The van der Waals surface area contributed by atoms with Gasteiger partial charge in [-0.15, -0.1) is 0 Å². The van der Waals surface area contributed by atoms with Gasteiger partial charge in [-0.3, -0.25) is 4.79 Å². The van der Waals surface area contributed by atoms with E-state index in [1.54, 1.807) is 13.8 Å². The Bertz CT molecular complexity index is 116. The van der Waals surface area contributed by atoms with Crippen LogP contribution in [0.2, 0.25) is 0 Å². The molecule has 2 heteroatoms. The maximum Gasteiger partial charge on any atom is 0.183 e. The number of ketones is 1. The first-order chi connectivity index (χ1) is 4.09. The zero-order valence-electron chi connectivity index (χ0n) is 5.79. The van der Waals surface area contributed by atoms with Crippen molar-refractivity contribution >= 4 is 5.78 Å². The molecule has 52 valence electrons. The first-order valence-corrected chi connectivity index (χ1v) is 2.94. The Morgan fingerprint density at radius 2 is 2.11 bits per heavy atom. The van der Waals surface area contributed by atoms with Crippen molar-refractivity contribution in [1.82, 2.24) is 0 Å². The van der Waals surface area contributed by atoms with E-state index in [0.717, 1.165) is 6.08 Å². The van der Waals surface area contributed by atoms with Crippen LogP contribution in [0.25, 0.3) is 0 Å². The van der Waals surface area contributed by atoms with Crippen LogP contribution in [-0.4, -0.2) is 17.0 Å². The van der Waals surface area contributed by atoms with Crippen LogP contribution >= 0.6 is 0 Å². The lowest BCUT2D eigenvalue weighted by molar-refractivity contribution is -0.124. The molecule has 0 saturated heterocycles. The van der Waals surface area contributed by atoms with Crippen molar-refractivity contribution in [2.75, 3.05) is 0 Å². The summed E-state index contributed by atoms with van der Waals surface area (Å²) in [5.41, 5.74) is 0. The molecule has 0 aromatic carbocycles. The van der Waals surface area contributed by atoms with Gasteiger partial charge in [-0.1, -0.05) is 20.4 Å². The molecule has 0 bridgehead atoms. The van der Waals surface area contributed by atoms with E-state index in [2.05, 4.69) is 6.58 Å². The maximum absolute atomic E-state index is 10.6. The monoisotopic (exact) mass is 128 g/mol. The van der Waals surface area contributed by atoms with Crippen LogP contribution < -0.4 is 0 Å². The standard InChI is InChI=1S/C7H12O2/c1-4-6(8)7(9)5(2)3/h4-5,7,9H,1H2,2-3H3. The first kappa shape index (κ1) is 8.37. The maximum atomic E-state index is 10.6. The van der Waals surface area contributed by atoms with Crippen molar-refractivity contribution in [3.8, 4) is 0 Å². The van der Waals surface area contributed by atoms with E-state index in [0.29, 0.717) is 0 Å². The van der Waals surface area contributed by atoms with E-state index >= 15 is 0 Å². The number of carbonyl (C=O) groups excluding carboxylic acids is 1. The second-order valence-electron chi connectivity index (χ2n) is 2.30. The van der Waals surface area contributed by atoms with Crippen LogP contribution in [0.5, 0.6) is 0 Å². The zero-order chi connectivity index (χ0) is 7.44. The minimum Gasteiger partial charge on any atom is -0.385 e. The average Bonchev–Trinajstić information content (AvgIpc) is 1.84. The zero-order valence-corrected chi connectivity index (χ0v) is 5.79. The molecular weight excluding hydrogens is 116 g/mol. The number of hydrogen-bond acceptors (Lipinski definition) is 2. The fraction of sp³-hybridized carbons (Fsp3) is 0.571. The number of hydrogen-bond donors (Lipinski definition) is 1. The SMILES string of the molecule is C=CC(=O)C(O)C(C)C. The van der Waals surface area contributed by atoms with Crippen molar-refractivity contribution in [2.24, 2.45) is 5.92 Å². The summed E-state index contributed by atoms with van der Waals surface area (Å²) >= 11 is 0. The lowest BCUT2D eigenvalue weighted by atomic mass is 10.0. The fourth-order valence-electron chi connectivity index (χ4n) is 0.449. The molecule has 0 aromatic heterocycles. The van der Waals surface area contributed by atoms with Gasteiger partial charge in [-0.05, 0) is 12.0 Å². The van der Waals surface area contributed by atoms with Gasteiger partial charge < -0.3 is 5.11 Å². The molecule has 0 aromatic rings. The third kappa shape index (κ3) is 2.42. The number of rotatable bonds is 3. The van der Waals surface area contributed by atoms with Gasteiger partial charge in [-0.25, -0.2) is 0 Å². The third-order valence-corrected chi connectivity index (χ3v) is 1.12. The Labute approximate surface area is 55.2 Å². The van der Waals surface area contributed by atoms with Gasteiger partial charge in [0.25, 0.3) is 0 Å². The molecule has 0 rings (SSSR count). The molecule has 0 fully saturated rings. The van der Waals surface area contributed by atoms with Crippen LogP contribution in [0.15, 0.2) is 12.7 Å². The largest absolute Gasteiger partial charge is 0.385 e. The predicted molar refractivity (Wildman–Crippen MR) is 36.0 cm³/mol. The summed E-state index contributed by atoms with van der Waals surface area (Å²) in [6.45, 7) is 6.82. The van der Waals surface area contributed by atoms with Gasteiger partial charge >= 0.3 is 0 Å². The summed E-state index contributed by atoms with van der Waals surface area (Å²) in [5, 5.41) is 8.97. The Kier molecular flexibility index (Phi) is 3.17. The van der Waals surface area contributed by atoms with Gasteiger partial charge in [0.15, 0.2) is 5.78 Å². The molecule has 0 aliphatic rings. The smallest absolute Gasteiger partial charge is 0.183 e. The summed E-state index contributed by atoms with van der Waals surface area (Å²) in [5.74, 6) is -0.319. The topological polar surface area (TPSA) is 37.3 Å². The van der Waals surface area contributed by atoms with Crippen LogP contribution in [0, 0.1) is 5.92 Å². The van der Waals surface area contributed by atoms with E-state index in [4.69, 9.17) is 5.11 Å². The van der Waals surface area contributed by atoms with Gasteiger partial charge in [0.05, 0.1) is 0 Å². The molecule has 0 aliphatic heterocycles. The van der Waals surface area contributed by atoms with E-state index < -0.39 is 6.10 Å². The van der Waals surface area contributed by atoms with Crippen molar-refractivity contribution < 1.29 is 9.90 Å². The van der Waals surface area contributed by atoms with E-state index in [-0.39, 0.29) is 11.7 Å². The summed E-state index contributed by atoms with van der Waals surface area (Å²) in [4.78, 5) is 10.6. The molecule has 1 unspecified atom stereocenters. The molecule has 0 aliphatic carbocycles. The molecule has 1 N–H and O–H groups in total. The third-order valence-electron chi connectivity index (χ3n) is 1.12. The highest BCUT2D eigenvalue weighted by atomic mass is 16.3. The summed E-state index contributed by atoms with van der Waals surface area (Å²) in [6, 6.07) is 0. The summed E-state index contributed by atoms with van der Waals surface area (Å²) in [6.07, 6.45) is 0.271. The molecular formula is C7H12O2. The average molecular weight is 128 g/mol. The number of carbonyl (C=O) groups is 1. The Morgan fingerprint density at radius 1 is 1.67 bits per heavy atom. The highest BCUT2D eigenvalue weighted by Gasteiger charge is 2.14. The lowest BCUT2D eigenvalue weighted by Crippen LogP contribution is -2.23. The molecule has 0 heterocycles. The molecule has 0 saturated carbocycles. The predicted octanol–water partition coefficient (Wildman–Crippen LogP) is 0.758. The van der Waals surface area contributed by atoms with Crippen molar-refractivity contribution in [1.29, 1.82) is 0 Å². The second kappa shape index (κ2) is 3.41. The number of aliphatic hydroxyl groups is 1. The highest BCUT2D eigenvalue weighted by molar-refractivity contribution is 5.92. The van der Waals surface area contributed by atoms with Crippen molar-refractivity contribution in [2.45, 2.75) is 20.0 Å². The Morgan fingerprint density at radius 3 is 2.22 bits per heavy atom.